The third kappa shape index (κ3) is 3.19. The van der Waals surface area contributed by atoms with Gasteiger partial charge in [0.25, 0.3) is 5.91 Å². The fourth-order valence-electron chi connectivity index (χ4n) is 4.26. The topological polar surface area (TPSA) is 90.5 Å². The number of carbonyl (C=O) groups excluding carboxylic acids is 3. The largest absolute Gasteiger partial charge is 0.381 e. The monoisotopic (exact) mass is 424 g/mol. The van der Waals surface area contributed by atoms with Gasteiger partial charge in [-0.05, 0) is 55.0 Å². The lowest BCUT2D eigenvalue weighted by Crippen LogP contribution is -2.43. The third-order valence-electron chi connectivity index (χ3n) is 5.92. The zero-order valence-corrected chi connectivity index (χ0v) is 17.0. The Morgan fingerprint density at radius 3 is 2.77 bits per heavy atom. The van der Waals surface area contributed by atoms with Crippen LogP contribution in [0, 0.1) is 0 Å². The van der Waals surface area contributed by atoms with Gasteiger partial charge in [0.15, 0.2) is 0 Å². The van der Waals surface area contributed by atoms with Crippen molar-refractivity contribution in [2.24, 2.45) is 0 Å². The van der Waals surface area contributed by atoms with Crippen molar-refractivity contribution in [3.8, 4) is 0 Å². The Balaban J connectivity index is 1.33. The number of benzene rings is 2. The quantitative estimate of drug-likeness (QED) is 0.642. The number of aryl methyl sites for hydroxylation is 1. The zero-order chi connectivity index (χ0) is 20.9. The van der Waals surface area contributed by atoms with Crippen LogP contribution in [0.1, 0.15) is 30.4 Å². The predicted molar refractivity (Wildman–Crippen MR) is 113 cm³/mol. The van der Waals surface area contributed by atoms with E-state index in [4.69, 9.17) is 11.6 Å². The molecule has 5 rings (SSSR count). The van der Waals surface area contributed by atoms with E-state index in [1.165, 1.54) is 0 Å². The van der Waals surface area contributed by atoms with Crippen LogP contribution in [0.15, 0.2) is 42.5 Å². The molecule has 1 aliphatic heterocycles. The molecule has 1 saturated heterocycles. The van der Waals surface area contributed by atoms with E-state index in [1.54, 1.807) is 12.1 Å². The first-order valence-electron chi connectivity index (χ1n) is 10.0. The van der Waals surface area contributed by atoms with E-state index in [1.807, 2.05) is 30.3 Å². The number of urea groups is 1. The average Bonchev–Trinajstić information content (AvgIpc) is 3.42. The molecule has 2 fully saturated rings. The van der Waals surface area contributed by atoms with Gasteiger partial charge in [-0.3, -0.25) is 14.5 Å². The maximum absolute atomic E-state index is 13.2. The van der Waals surface area contributed by atoms with Crippen molar-refractivity contribution in [1.29, 1.82) is 0 Å². The van der Waals surface area contributed by atoms with Crippen molar-refractivity contribution in [3.63, 3.8) is 0 Å². The van der Waals surface area contributed by atoms with Gasteiger partial charge in [0.2, 0.25) is 5.91 Å². The number of fused-ring (bicyclic) bond motifs is 2. The molecule has 2 aromatic carbocycles. The Morgan fingerprint density at radius 1 is 1.17 bits per heavy atom. The number of hydrogen-bond donors (Lipinski definition) is 3. The van der Waals surface area contributed by atoms with Gasteiger partial charge in [-0.25, -0.2) is 4.79 Å². The van der Waals surface area contributed by atoms with E-state index in [9.17, 15) is 14.4 Å². The molecule has 1 unspecified atom stereocenters. The van der Waals surface area contributed by atoms with Gasteiger partial charge in [0.1, 0.15) is 12.1 Å². The van der Waals surface area contributed by atoms with Gasteiger partial charge in [-0.15, -0.1) is 0 Å². The molecule has 1 saturated carbocycles. The number of halogens is 1. The summed E-state index contributed by atoms with van der Waals surface area (Å²) in [5.74, 6) is -0.835. The third-order valence-corrected chi connectivity index (χ3v) is 6.15. The number of amides is 4. The second kappa shape index (κ2) is 7.02. The van der Waals surface area contributed by atoms with Gasteiger partial charge in [-0.2, -0.15) is 0 Å². The molecule has 3 aliphatic rings. The van der Waals surface area contributed by atoms with Crippen molar-refractivity contribution in [2.75, 3.05) is 17.2 Å². The highest BCUT2D eigenvalue weighted by Gasteiger charge is 2.55. The summed E-state index contributed by atoms with van der Waals surface area (Å²) >= 11 is 6.09. The summed E-state index contributed by atoms with van der Waals surface area (Å²) in [6.07, 6.45) is 3.38. The number of anilines is 2. The van der Waals surface area contributed by atoms with Crippen LogP contribution in [0.2, 0.25) is 5.02 Å². The second-order valence-electron chi connectivity index (χ2n) is 8.04. The predicted octanol–water partition coefficient (Wildman–Crippen LogP) is 3.25. The minimum Gasteiger partial charge on any atom is -0.381 e. The number of imide groups is 1. The molecule has 0 radical (unpaired) electrons. The molecule has 2 aliphatic carbocycles. The lowest BCUT2D eigenvalue weighted by Gasteiger charge is -2.22. The Hall–Kier alpha value is -3.06. The number of nitrogens with one attached hydrogen (secondary N) is 3. The first kappa shape index (κ1) is 18.9. The summed E-state index contributed by atoms with van der Waals surface area (Å²) < 4.78 is 0. The van der Waals surface area contributed by atoms with Crippen molar-refractivity contribution < 1.29 is 14.4 Å². The van der Waals surface area contributed by atoms with E-state index in [2.05, 4.69) is 16.0 Å². The van der Waals surface area contributed by atoms with E-state index in [-0.39, 0.29) is 12.5 Å². The zero-order valence-electron chi connectivity index (χ0n) is 16.2. The molecule has 7 nitrogen and oxygen atoms in total. The van der Waals surface area contributed by atoms with Gasteiger partial charge in [0.05, 0.1) is 11.4 Å². The van der Waals surface area contributed by atoms with Crippen LogP contribution in [0.3, 0.4) is 0 Å². The van der Waals surface area contributed by atoms with Crippen LogP contribution < -0.4 is 16.0 Å². The summed E-state index contributed by atoms with van der Waals surface area (Å²) in [4.78, 5) is 39.5. The lowest BCUT2D eigenvalue weighted by molar-refractivity contribution is -0.134. The molecule has 1 atom stereocenters. The molecular formula is C22H21ClN4O3. The van der Waals surface area contributed by atoms with E-state index >= 15 is 0 Å². The van der Waals surface area contributed by atoms with Gasteiger partial charge >= 0.3 is 6.03 Å². The molecule has 1 heterocycles. The van der Waals surface area contributed by atoms with Crippen molar-refractivity contribution in [1.82, 2.24) is 10.2 Å². The summed E-state index contributed by atoms with van der Waals surface area (Å²) in [6.45, 7) is -0.357. The van der Waals surface area contributed by atoms with E-state index in [0.29, 0.717) is 29.6 Å². The summed E-state index contributed by atoms with van der Waals surface area (Å²) in [7, 11) is 0. The molecule has 2 aromatic rings. The van der Waals surface area contributed by atoms with Gasteiger partial charge in [0, 0.05) is 11.1 Å². The van der Waals surface area contributed by atoms with Gasteiger partial charge in [-0.1, -0.05) is 35.9 Å². The molecule has 3 N–H and O–H groups in total. The highest BCUT2D eigenvalue weighted by molar-refractivity contribution is 6.31. The smallest absolute Gasteiger partial charge is 0.325 e. The Labute approximate surface area is 178 Å². The molecular weight excluding hydrogens is 404 g/mol. The maximum atomic E-state index is 13.2. The van der Waals surface area contributed by atoms with Crippen LogP contribution in [0.25, 0.3) is 0 Å². The Bertz CT molecular complexity index is 1070. The first-order chi connectivity index (χ1) is 14.5. The minimum absolute atomic E-state index is 0.357. The summed E-state index contributed by atoms with van der Waals surface area (Å²) in [5, 5.41) is 9.46. The number of hydrogen-bond acceptors (Lipinski definition) is 4. The van der Waals surface area contributed by atoms with E-state index in [0.717, 1.165) is 34.6 Å². The fraction of sp³-hybridized carbons (Fsp3) is 0.318. The fourth-order valence-corrected chi connectivity index (χ4v) is 4.43. The maximum Gasteiger partial charge on any atom is 0.325 e. The Morgan fingerprint density at radius 2 is 1.97 bits per heavy atom. The lowest BCUT2D eigenvalue weighted by atomic mass is 9.92. The number of rotatable bonds is 5. The van der Waals surface area contributed by atoms with Crippen molar-refractivity contribution in [2.45, 2.75) is 37.3 Å². The highest BCUT2D eigenvalue weighted by atomic mass is 35.5. The Kier molecular flexibility index (Phi) is 4.43. The number of nitrogens with zero attached hydrogens (tertiary/aromatic N) is 1. The molecule has 154 valence electrons. The first-order valence-corrected chi connectivity index (χ1v) is 10.4. The highest BCUT2D eigenvalue weighted by Crippen LogP contribution is 2.41. The van der Waals surface area contributed by atoms with Crippen molar-refractivity contribution >= 4 is 40.8 Å². The minimum atomic E-state index is -1.07. The van der Waals surface area contributed by atoms with Crippen LogP contribution >= 0.6 is 11.6 Å². The molecule has 0 bridgehead atoms. The molecule has 8 heteroatoms. The van der Waals surface area contributed by atoms with Crippen molar-refractivity contribution in [3.05, 3.63) is 58.6 Å². The van der Waals surface area contributed by atoms with E-state index < -0.39 is 17.5 Å². The van der Waals surface area contributed by atoms with Crippen LogP contribution in [0.4, 0.5) is 16.2 Å². The average molecular weight is 425 g/mol. The van der Waals surface area contributed by atoms with Crippen LogP contribution in [0.5, 0.6) is 0 Å². The normalized spacial score (nSPS) is 22.2. The second-order valence-corrected chi connectivity index (χ2v) is 8.48. The van der Waals surface area contributed by atoms with Gasteiger partial charge < -0.3 is 16.0 Å². The molecule has 30 heavy (non-hydrogen) atoms. The molecule has 0 aromatic heterocycles. The SMILES string of the molecule is O=C(CN1C(=O)NC2(CCc3ccccc32)C1=O)Nc1cc(Cl)ccc1NC1CC1. The number of carbonyl (C=O) groups is 3. The summed E-state index contributed by atoms with van der Waals surface area (Å²) in [5.41, 5.74) is 2.10. The standard InChI is InChI=1S/C22H21ClN4O3/c23-14-5-8-17(24-15-6-7-15)18(11-14)25-19(28)12-27-20(29)22(26-21(27)30)10-9-13-3-1-2-4-16(13)22/h1-5,8,11,15,24H,6-7,9-10,12H2,(H,25,28)(H,26,30). The van der Waals surface area contributed by atoms with Crippen LogP contribution in [-0.4, -0.2) is 35.3 Å². The van der Waals surface area contributed by atoms with Crippen LogP contribution in [-0.2, 0) is 21.5 Å². The molecule has 4 amide bonds. The molecule has 1 spiro atoms. The summed E-state index contributed by atoms with van der Waals surface area (Å²) in [6, 6.07) is 12.7.